The highest BCUT2D eigenvalue weighted by molar-refractivity contribution is 5.31. The SMILES string of the molecule is C/C=C1\CC[C@H]2[C@@H]3[C@@H](O)[C@H](O)[C@H]4Cc5[nH]ncc5C[C@]4(C)[C@@]3(C)CC[C@]12C. The third kappa shape index (κ3) is 1.99. The molecule has 1 aromatic rings. The molecule has 3 saturated carbocycles. The average Bonchev–Trinajstić information content (AvgIpc) is 3.22. The fraction of sp³-hybridized carbons (Fsp3) is 0.783. The third-order valence-corrected chi connectivity index (χ3v) is 10.0. The predicted molar refractivity (Wildman–Crippen MR) is 105 cm³/mol. The van der Waals surface area contributed by atoms with Crippen LogP contribution < -0.4 is 0 Å². The molecule has 4 aliphatic carbocycles. The predicted octanol–water partition coefficient (Wildman–Crippen LogP) is 3.65. The van der Waals surface area contributed by atoms with E-state index in [1.807, 2.05) is 6.20 Å². The minimum Gasteiger partial charge on any atom is -0.390 e. The summed E-state index contributed by atoms with van der Waals surface area (Å²) >= 11 is 0. The van der Waals surface area contributed by atoms with Crippen molar-refractivity contribution in [1.82, 2.24) is 10.2 Å². The van der Waals surface area contributed by atoms with Crippen LogP contribution in [0, 0.1) is 34.0 Å². The molecule has 4 heteroatoms. The van der Waals surface area contributed by atoms with Gasteiger partial charge in [-0.2, -0.15) is 5.10 Å². The zero-order valence-corrected chi connectivity index (χ0v) is 17.1. The molecule has 1 heterocycles. The van der Waals surface area contributed by atoms with Crippen molar-refractivity contribution in [2.24, 2.45) is 34.0 Å². The van der Waals surface area contributed by atoms with Crippen LogP contribution in [-0.4, -0.2) is 32.6 Å². The summed E-state index contributed by atoms with van der Waals surface area (Å²) in [5.41, 5.74) is 4.27. The van der Waals surface area contributed by atoms with E-state index >= 15 is 0 Å². The van der Waals surface area contributed by atoms with Gasteiger partial charge in [0.2, 0.25) is 0 Å². The number of hydrogen-bond donors (Lipinski definition) is 3. The Labute approximate surface area is 162 Å². The number of allylic oxidation sites excluding steroid dienone is 2. The number of H-pyrrole nitrogens is 1. The van der Waals surface area contributed by atoms with Crippen LogP contribution in [0.4, 0.5) is 0 Å². The summed E-state index contributed by atoms with van der Waals surface area (Å²) in [7, 11) is 0. The number of nitrogens with one attached hydrogen (secondary N) is 1. The van der Waals surface area contributed by atoms with E-state index in [-0.39, 0.29) is 28.1 Å². The van der Waals surface area contributed by atoms with Crippen LogP contribution in [0.2, 0.25) is 0 Å². The highest BCUT2D eigenvalue weighted by Crippen LogP contribution is 2.71. The Bertz CT molecular complexity index is 800. The molecular formula is C23H34N2O2. The van der Waals surface area contributed by atoms with Gasteiger partial charge in [-0.25, -0.2) is 0 Å². The van der Waals surface area contributed by atoms with Gasteiger partial charge in [-0.05, 0) is 85.0 Å². The second-order valence-electron chi connectivity index (χ2n) is 10.6. The van der Waals surface area contributed by atoms with Crippen LogP contribution in [-0.2, 0) is 12.8 Å². The molecule has 1 aromatic heterocycles. The van der Waals surface area contributed by atoms with Crippen molar-refractivity contribution < 1.29 is 10.2 Å². The molecule has 148 valence electrons. The van der Waals surface area contributed by atoms with Gasteiger partial charge in [0.15, 0.2) is 0 Å². The Balaban J connectivity index is 1.63. The van der Waals surface area contributed by atoms with E-state index in [0.29, 0.717) is 5.92 Å². The van der Waals surface area contributed by atoms with E-state index in [1.54, 1.807) is 5.57 Å². The van der Waals surface area contributed by atoms with E-state index in [0.717, 1.165) is 37.8 Å². The number of aliphatic hydroxyl groups excluding tert-OH is 2. The minimum atomic E-state index is -0.651. The normalized spacial score (nSPS) is 52.8. The van der Waals surface area contributed by atoms with Crippen LogP contribution in [0.25, 0.3) is 0 Å². The van der Waals surface area contributed by atoms with Crippen LogP contribution >= 0.6 is 0 Å². The van der Waals surface area contributed by atoms with Gasteiger partial charge in [0.05, 0.1) is 18.4 Å². The third-order valence-electron chi connectivity index (χ3n) is 10.0. The molecule has 0 unspecified atom stereocenters. The van der Waals surface area contributed by atoms with Gasteiger partial charge in [-0.3, -0.25) is 5.10 Å². The second kappa shape index (κ2) is 5.48. The van der Waals surface area contributed by atoms with Gasteiger partial charge in [0.1, 0.15) is 0 Å². The van der Waals surface area contributed by atoms with Crippen LogP contribution in [0.3, 0.4) is 0 Å². The van der Waals surface area contributed by atoms with Crippen LogP contribution in [0.5, 0.6) is 0 Å². The van der Waals surface area contributed by atoms with Gasteiger partial charge < -0.3 is 10.2 Å². The maximum absolute atomic E-state index is 11.4. The quantitative estimate of drug-likeness (QED) is 0.611. The molecule has 5 rings (SSSR count). The first-order chi connectivity index (χ1) is 12.8. The van der Waals surface area contributed by atoms with E-state index in [4.69, 9.17) is 0 Å². The highest BCUT2D eigenvalue weighted by atomic mass is 16.3. The molecule has 4 nitrogen and oxygen atoms in total. The van der Waals surface area contributed by atoms with Gasteiger partial charge in [0.25, 0.3) is 0 Å². The van der Waals surface area contributed by atoms with Crippen molar-refractivity contribution in [1.29, 1.82) is 0 Å². The Morgan fingerprint density at radius 1 is 1.11 bits per heavy atom. The Hall–Kier alpha value is -1.13. The smallest absolute Gasteiger partial charge is 0.0839 e. The molecule has 3 N–H and O–H groups in total. The minimum absolute atomic E-state index is 0.00675. The lowest BCUT2D eigenvalue weighted by Crippen LogP contribution is -2.68. The van der Waals surface area contributed by atoms with Crippen molar-refractivity contribution in [2.45, 2.75) is 78.4 Å². The van der Waals surface area contributed by atoms with E-state index < -0.39 is 12.2 Å². The zero-order valence-electron chi connectivity index (χ0n) is 17.1. The van der Waals surface area contributed by atoms with Gasteiger partial charge in [-0.1, -0.05) is 32.4 Å². The van der Waals surface area contributed by atoms with Gasteiger partial charge in [-0.15, -0.1) is 0 Å². The number of nitrogens with zero attached hydrogens (tertiary/aromatic N) is 1. The first kappa shape index (κ1) is 17.9. The number of aliphatic hydroxyl groups is 2. The van der Waals surface area contributed by atoms with Crippen molar-refractivity contribution >= 4 is 0 Å². The molecular weight excluding hydrogens is 336 g/mol. The van der Waals surface area contributed by atoms with Crippen molar-refractivity contribution in [3.05, 3.63) is 29.1 Å². The van der Waals surface area contributed by atoms with E-state index in [2.05, 4.69) is 44.0 Å². The average molecular weight is 371 g/mol. The molecule has 0 radical (unpaired) electrons. The molecule has 27 heavy (non-hydrogen) atoms. The molecule has 4 aliphatic rings. The lowest BCUT2D eigenvalue weighted by Gasteiger charge is -2.68. The number of hydrogen-bond acceptors (Lipinski definition) is 3. The van der Waals surface area contributed by atoms with Crippen LogP contribution in [0.1, 0.15) is 64.6 Å². The highest BCUT2D eigenvalue weighted by Gasteiger charge is 2.69. The monoisotopic (exact) mass is 370 g/mol. The molecule has 3 fully saturated rings. The number of fused-ring (bicyclic) bond motifs is 6. The van der Waals surface area contributed by atoms with Gasteiger partial charge >= 0.3 is 0 Å². The number of aromatic amines is 1. The maximum Gasteiger partial charge on any atom is 0.0839 e. The number of aromatic nitrogens is 2. The summed E-state index contributed by atoms with van der Waals surface area (Å²) in [6.07, 6.45) is 9.41. The van der Waals surface area contributed by atoms with E-state index in [9.17, 15) is 10.2 Å². The van der Waals surface area contributed by atoms with Crippen molar-refractivity contribution in [3.63, 3.8) is 0 Å². The topological polar surface area (TPSA) is 69.1 Å². The number of rotatable bonds is 0. The fourth-order valence-corrected chi connectivity index (χ4v) is 8.17. The maximum atomic E-state index is 11.4. The standard InChI is InChI=1S/C23H34N2O2/c1-5-14-6-7-15-18-20(27)19(26)16-10-17-13(12-24-25-17)11-23(16,4)22(18,3)9-8-21(14,15)2/h5,12,15-16,18-20,26-27H,6-11H2,1-4H3,(H,24,25)/b14-5+/t15-,16+,18+,19+,20+,21+,22-,23-/m0/s1. The lowest BCUT2D eigenvalue weighted by molar-refractivity contribution is -0.243. The van der Waals surface area contributed by atoms with Crippen molar-refractivity contribution in [3.8, 4) is 0 Å². The Morgan fingerprint density at radius 3 is 2.63 bits per heavy atom. The van der Waals surface area contributed by atoms with Gasteiger partial charge in [0, 0.05) is 5.69 Å². The molecule has 0 saturated heterocycles. The fourth-order valence-electron chi connectivity index (χ4n) is 8.17. The lowest BCUT2D eigenvalue weighted by atomic mass is 9.37. The zero-order chi connectivity index (χ0) is 19.2. The summed E-state index contributed by atoms with van der Waals surface area (Å²) in [5, 5.41) is 30.1. The molecule has 0 aromatic carbocycles. The summed E-state index contributed by atoms with van der Waals surface area (Å²) in [4.78, 5) is 0. The first-order valence-corrected chi connectivity index (χ1v) is 10.8. The largest absolute Gasteiger partial charge is 0.390 e. The summed E-state index contributed by atoms with van der Waals surface area (Å²) in [6, 6.07) is 0. The first-order valence-electron chi connectivity index (χ1n) is 10.8. The Kier molecular flexibility index (Phi) is 3.64. The van der Waals surface area contributed by atoms with Crippen LogP contribution in [0.15, 0.2) is 17.8 Å². The molecule has 0 spiro atoms. The summed E-state index contributed by atoms with van der Waals surface area (Å²) < 4.78 is 0. The molecule has 8 atom stereocenters. The summed E-state index contributed by atoms with van der Waals surface area (Å²) in [5.74, 6) is 0.725. The molecule has 0 aliphatic heterocycles. The Morgan fingerprint density at radius 2 is 1.89 bits per heavy atom. The molecule has 0 amide bonds. The molecule has 0 bridgehead atoms. The van der Waals surface area contributed by atoms with Crippen molar-refractivity contribution in [2.75, 3.05) is 0 Å². The summed E-state index contributed by atoms with van der Waals surface area (Å²) in [6.45, 7) is 9.41. The second-order valence-corrected chi connectivity index (χ2v) is 10.6. The van der Waals surface area contributed by atoms with E-state index in [1.165, 1.54) is 12.0 Å².